The Labute approximate surface area is 134 Å². The van der Waals surface area contributed by atoms with Crippen molar-refractivity contribution in [2.75, 3.05) is 39.8 Å². The van der Waals surface area contributed by atoms with Gasteiger partial charge in [0.15, 0.2) is 0 Å². The average molecular weight is 307 g/mol. The molecule has 0 amide bonds. The monoisotopic (exact) mass is 306 g/mol. The predicted octanol–water partition coefficient (Wildman–Crippen LogP) is 3.86. The number of piperazine rings is 1. The quantitative estimate of drug-likeness (QED) is 0.833. The van der Waals surface area contributed by atoms with Gasteiger partial charge >= 0.3 is 0 Å². The lowest BCUT2D eigenvalue weighted by Gasteiger charge is -2.33. The summed E-state index contributed by atoms with van der Waals surface area (Å²) in [4.78, 5) is 5.08. The Morgan fingerprint density at radius 3 is 2.71 bits per heavy atom. The second-order valence-electron chi connectivity index (χ2n) is 6.79. The number of hydrogen-bond donors (Lipinski definition) is 0. The predicted molar refractivity (Wildman–Crippen MR) is 90.1 cm³/mol. The fourth-order valence-corrected chi connectivity index (χ4v) is 4.18. The maximum Gasteiger partial charge on any atom is 0.0408 e. The van der Waals surface area contributed by atoms with Crippen LogP contribution >= 0.6 is 11.6 Å². The van der Waals surface area contributed by atoms with E-state index in [0.29, 0.717) is 0 Å². The van der Waals surface area contributed by atoms with E-state index in [9.17, 15) is 0 Å². The summed E-state index contributed by atoms with van der Waals surface area (Å²) in [5.74, 6) is 1.58. The Balaban J connectivity index is 1.55. The van der Waals surface area contributed by atoms with Crippen molar-refractivity contribution in [3.05, 3.63) is 34.9 Å². The van der Waals surface area contributed by atoms with E-state index in [-0.39, 0.29) is 0 Å². The van der Waals surface area contributed by atoms with E-state index >= 15 is 0 Å². The molecular formula is C18H27ClN2. The summed E-state index contributed by atoms with van der Waals surface area (Å²) in [6.07, 6.45) is 5.46. The maximum absolute atomic E-state index is 6.17. The number of nitrogens with zero attached hydrogens (tertiary/aromatic N) is 2. The number of benzene rings is 1. The zero-order valence-corrected chi connectivity index (χ0v) is 13.9. The van der Waals surface area contributed by atoms with Crippen LogP contribution in [0.15, 0.2) is 24.3 Å². The molecule has 0 radical (unpaired) electrons. The third-order valence-corrected chi connectivity index (χ3v) is 5.58. The SMILES string of the molecule is CN1CCN(CCC2CCCC2c2cccc(Cl)c2)CC1. The van der Waals surface area contributed by atoms with Crippen LogP contribution in [0.5, 0.6) is 0 Å². The van der Waals surface area contributed by atoms with Crippen LogP contribution < -0.4 is 0 Å². The van der Waals surface area contributed by atoms with E-state index in [2.05, 4.69) is 35.0 Å². The average Bonchev–Trinajstić information content (AvgIpc) is 2.95. The Bertz CT molecular complexity index is 454. The highest BCUT2D eigenvalue weighted by molar-refractivity contribution is 6.30. The third kappa shape index (κ3) is 4.00. The normalized spacial score (nSPS) is 28.1. The van der Waals surface area contributed by atoms with Gasteiger partial charge in [-0.3, -0.25) is 0 Å². The fourth-order valence-electron chi connectivity index (χ4n) is 3.98. The first kappa shape index (κ1) is 15.3. The lowest BCUT2D eigenvalue weighted by molar-refractivity contribution is 0.145. The second kappa shape index (κ2) is 7.13. The fraction of sp³-hybridized carbons (Fsp3) is 0.667. The lowest BCUT2D eigenvalue weighted by atomic mass is 9.86. The van der Waals surface area contributed by atoms with Crippen LogP contribution in [0.25, 0.3) is 0 Å². The Morgan fingerprint density at radius 1 is 1.14 bits per heavy atom. The van der Waals surface area contributed by atoms with E-state index in [1.807, 2.05) is 6.07 Å². The molecule has 1 heterocycles. The van der Waals surface area contributed by atoms with Crippen LogP contribution in [0, 0.1) is 5.92 Å². The molecule has 116 valence electrons. The molecule has 2 aliphatic rings. The molecule has 1 aromatic carbocycles. The van der Waals surface area contributed by atoms with Crippen molar-refractivity contribution in [2.45, 2.75) is 31.6 Å². The van der Waals surface area contributed by atoms with Crippen molar-refractivity contribution >= 4 is 11.6 Å². The van der Waals surface area contributed by atoms with Crippen LogP contribution in [0.1, 0.15) is 37.2 Å². The summed E-state index contributed by atoms with van der Waals surface area (Å²) in [5.41, 5.74) is 1.46. The van der Waals surface area contributed by atoms with Gasteiger partial charge in [-0.05, 0) is 62.4 Å². The first-order chi connectivity index (χ1) is 10.2. The van der Waals surface area contributed by atoms with Crippen LogP contribution in [-0.2, 0) is 0 Å². The molecule has 21 heavy (non-hydrogen) atoms. The van der Waals surface area contributed by atoms with Gasteiger partial charge in [0.25, 0.3) is 0 Å². The molecule has 0 bridgehead atoms. The Morgan fingerprint density at radius 2 is 1.95 bits per heavy atom. The molecule has 0 N–H and O–H groups in total. The molecule has 3 heteroatoms. The summed E-state index contributed by atoms with van der Waals surface area (Å²) in [6, 6.07) is 8.54. The minimum Gasteiger partial charge on any atom is -0.304 e. The molecule has 1 aliphatic carbocycles. The van der Waals surface area contributed by atoms with Crippen molar-refractivity contribution in [2.24, 2.45) is 5.92 Å². The van der Waals surface area contributed by atoms with Gasteiger partial charge in [-0.1, -0.05) is 30.2 Å². The molecule has 0 aromatic heterocycles. The van der Waals surface area contributed by atoms with Crippen LogP contribution in [-0.4, -0.2) is 49.6 Å². The number of hydrogen-bond acceptors (Lipinski definition) is 2. The Kier molecular flexibility index (Phi) is 5.20. The highest BCUT2D eigenvalue weighted by Gasteiger charge is 2.29. The maximum atomic E-state index is 6.17. The minimum absolute atomic E-state index is 0.733. The van der Waals surface area contributed by atoms with Crippen molar-refractivity contribution in [3.8, 4) is 0 Å². The summed E-state index contributed by atoms with van der Waals surface area (Å²) in [6.45, 7) is 6.20. The molecule has 1 saturated heterocycles. The van der Waals surface area contributed by atoms with Crippen LogP contribution in [0.2, 0.25) is 5.02 Å². The molecular weight excluding hydrogens is 280 g/mol. The first-order valence-corrected chi connectivity index (χ1v) is 8.76. The minimum atomic E-state index is 0.733. The van der Waals surface area contributed by atoms with Gasteiger partial charge in [0.2, 0.25) is 0 Å². The van der Waals surface area contributed by atoms with Gasteiger partial charge in [-0.25, -0.2) is 0 Å². The standard InChI is InChI=1S/C18H27ClN2/c1-20-10-12-21(13-11-20)9-8-15-4-3-7-18(15)16-5-2-6-17(19)14-16/h2,5-6,14-15,18H,3-4,7-13H2,1H3. The number of likely N-dealkylation sites (N-methyl/N-ethyl adjacent to an activating group) is 1. The van der Waals surface area contributed by atoms with Crippen molar-refractivity contribution in [3.63, 3.8) is 0 Å². The van der Waals surface area contributed by atoms with Gasteiger partial charge in [0.1, 0.15) is 0 Å². The largest absolute Gasteiger partial charge is 0.304 e. The summed E-state index contributed by atoms with van der Waals surface area (Å²) >= 11 is 6.17. The summed E-state index contributed by atoms with van der Waals surface area (Å²) < 4.78 is 0. The molecule has 1 aromatic rings. The van der Waals surface area contributed by atoms with E-state index < -0.39 is 0 Å². The lowest BCUT2D eigenvalue weighted by Crippen LogP contribution is -2.45. The Hall–Kier alpha value is -0.570. The molecule has 2 atom stereocenters. The van der Waals surface area contributed by atoms with E-state index in [0.717, 1.165) is 16.9 Å². The van der Waals surface area contributed by atoms with Gasteiger partial charge < -0.3 is 9.80 Å². The molecule has 0 spiro atoms. The number of rotatable bonds is 4. The highest BCUT2D eigenvalue weighted by Crippen LogP contribution is 2.42. The zero-order chi connectivity index (χ0) is 14.7. The van der Waals surface area contributed by atoms with Crippen molar-refractivity contribution in [1.82, 2.24) is 9.80 Å². The van der Waals surface area contributed by atoms with Gasteiger partial charge in [0.05, 0.1) is 0 Å². The van der Waals surface area contributed by atoms with E-state index in [1.54, 1.807) is 0 Å². The van der Waals surface area contributed by atoms with Gasteiger partial charge in [-0.2, -0.15) is 0 Å². The van der Waals surface area contributed by atoms with Crippen molar-refractivity contribution in [1.29, 1.82) is 0 Å². The molecule has 3 rings (SSSR count). The summed E-state index contributed by atoms with van der Waals surface area (Å²) in [5, 5.41) is 0.886. The molecule has 1 aliphatic heterocycles. The molecule has 2 fully saturated rings. The van der Waals surface area contributed by atoms with Gasteiger partial charge in [-0.15, -0.1) is 0 Å². The molecule has 2 nitrogen and oxygen atoms in total. The topological polar surface area (TPSA) is 6.48 Å². The van der Waals surface area contributed by atoms with Crippen molar-refractivity contribution < 1.29 is 0 Å². The number of halogens is 1. The van der Waals surface area contributed by atoms with E-state index in [1.165, 1.54) is 64.0 Å². The van der Waals surface area contributed by atoms with Crippen LogP contribution in [0.3, 0.4) is 0 Å². The summed E-state index contributed by atoms with van der Waals surface area (Å²) in [7, 11) is 2.23. The first-order valence-electron chi connectivity index (χ1n) is 8.39. The third-order valence-electron chi connectivity index (χ3n) is 5.35. The zero-order valence-electron chi connectivity index (χ0n) is 13.1. The van der Waals surface area contributed by atoms with E-state index in [4.69, 9.17) is 11.6 Å². The van der Waals surface area contributed by atoms with Gasteiger partial charge in [0, 0.05) is 31.2 Å². The molecule has 1 saturated carbocycles. The molecule has 2 unspecified atom stereocenters. The highest BCUT2D eigenvalue weighted by atomic mass is 35.5. The smallest absolute Gasteiger partial charge is 0.0408 e. The van der Waals surface area contributed by atoms with Crippen LogP contribution in [0.4, 0.5) is 0 Å². The second-order valence-corrected chi connectivity index (χ2v) is 7.22.